The highest BCUT2D eigenvalue weighted by molar-refractivity contribution is 5.99. The van der Waals surface area contributed by atoms with Crippen molar-refractivity contribution >= 4 is 17.4 Å². The van der Waals surface area contributed by atoms with Gasteiger partial charge in [0, 0.05) is 31.0 Å². The molecule has 27 heavy (non-hydrogen) atoms. The first-order chi connectivity index (χ1) is 13.1. The van der Waals surface area contributed by atoms with E-state index in [1.165, 1.54) is 11.1 Å². The van der Waals surface area contributed by atoms with Crippen LogP contribution in [-0.2, 0) is 11.3 Å². The Morgan fingerprint density at radius 2 is 1.56 bits per heavy atom. The smallest absolute Gasteiger partial charge is 0.323 e. The van der Waals surface area contributed by atoms with Crippen molar-refractivity contribution in [3.05, 3.63) is 59.7 Å². The van der Waals surface area contributed by atoms with Crippen LogP contribution in [0.25, 0.3) is 0 Å². The Morgan fingerprint density at radius 3 is 2.11 bits per heavy atom. The lowest BCUT2D eigenvalue weighted by molar-refractivity contribution is 0.0342. The molecule has 5 nitrogen and oxygen atoms in total. The van der Waals surface area contributed by atoms with Gasteiger partial charge in [-0.25, -0.2) is 4.79 Å². The Balaban J connectivity index is 1.50. The number of amides is 2. The molecule has 0 aromatic heterocycles. The summed E-state index contributed by atoms with van der Waals surface area (Å²) in [7, 11) is 0. The molecule has 144 valence electrons. The number of carbonyl (C=O) groups is 1. The second kappa shape index (κ2) is 9.53. The van der Waals surface area contributed by atoms with Crippen molar-refractivity contribution in [2.24, 2.45) is 0 Å². The van der Waals surface area contributed by atoms with Gasteiger partial charge in [0.2, 0.25) is 0 Å². The zero-order chi connectivity index (χ0) is 19.1. The molecule has 1 atom stereocenters. The fourth-order valence-electron chi connectivity index (χ4n) is 3.14. The number of benzene rings is 2. The highest BCUT2D eigenvalue weighted by Gasteiger charge is 2.11. The molecule has 0 radical (unpaired) electrons. The van der Waals surface area contributed by atoms with Gasteiger partial charge < -0.3 is 15.4 Å². The SMILES string of the molecule is CC[C@H](C)c1ccc(NC(=O)Nc2ccc(CN3CCOCC3)cc2)cc1. The molecule has 0 aliphatic carbocycles. The van der Waals surface area contributed by atoms with Crippen molar-refractivity contribution in [3.63, 3.8) is 0 Å². The third-order valence-electron chi connectivity index (χ3n) is 5.07. The van der Waals surface area contributed by atoms with E-state index in [2.05, 4.69) is 53.6 Å². The number of nitrogens with zero attached hydrogens (tertiary/aromatic N) is 1. The first-order valence-corrected chi connectivity index (χ1v) is 9.71. The monoisotopic (exact) mass is 367 g/mol. The minimum Gasteiger partial charge on any atom is -0.379 e. The second-order valence-electron chi connectivity index (χ2n) is 7.10. The summed E-state index contributed by atoms with van der Waals surface area (Å²) in [5.74, 6) is 0.531. The minimum atomic E-state index is -0.229. The van der Waals surface area contributed by atoms with E-state index in [0.717, 1.165) is 50.6 Å². The molecule has 0 spiro atoms. The van der Waals surface area contributed by atoms with Crippen molar-refractivity contribution in [2.75, 3.05) is 36.9 Å². The first-order valence-electron chi connectivity index (χ1n) is 9.71. The van der Waals surface area contributed by atoms with Gasteiger partial charge in [-0.15, -0.1) is 0 Å². The Bertz CT molecular complexity index is 722. The summed E-state index contributed by atoms with van der Waals surface area (Å²) in [6, 6.07) is 15.8. The number of hydrogen-bond acceptors (Lipinski definition) is 3. The topological polar surface area (TPSA) is 53.6 Å². The summed E-state index contributed by atoms with van der Waals surface area (Å²) in [5, 5.41) is 5.77. The van der Waals surface area contributed by atoms with E-state index < -0.39 is 0 Å². The van der Waals surface area contributed by atoms with E-state index in [1.807, 2.05) is 24.3 Å². The molecule has 2 aromatic rings. The number of carbonyl (C=O) groups excluding carboxylic acids is 1. The molecule has 2 aromatic carbocycles. The highest BCUT2D eigenvalue weighted by atomic mass is 16.5. The van der Waals surface area contributed by atoms with Gasteiger partial charge in [0.1, 0.15) is 0 Å². The number of morpholine rings is 1. The maximum Gasteiger partial charge on any atom is 0.323 e. The molecular weight excluding hydrogens is 338 g/mol. The van der Waals surface area contributed by atoms with Crippen LogP contribution in [-0.4, -0.2) is 37.2 Å². The third-order valence-corrected chi connectivity index (χ3v) is 5.07. The molecule has 3 rings (SSSR count). The highest BCUT2D eigenvalue weighted by Crippen LogP contribution is 2.20. The maximum absolute atomic E-state index is 12.2. The lowest BCUT2D eigenvalue weighted by Gasteiger charge is -2.26. The van der Waals surface area contributed by atoms with Gasteiger partial charge in [0.15, 0.2) is 0 Å². The zero-order valence-electron chi connectivity index (χ0n) is 16.2. The van der Waals surface area contributed by atoms with Crippen molar-refractivity contribution < 1.29 is 9.53 Å². The fourth-order valence-corrected chi connectivity index (χ4v) is 3.14. The predicted molar refractivity (Wildman–Crippen MR) is 110 cm³/mol. The lowest BCUT2D eigenvalue weighted by atomic mass is 9.99. The van der Waals surface area contributed by atoms with Crippen LogP contribution in [0.5, 0.6) is 0 Å². The average molecular weight is 367 g/mol. The summed E-state index contributed by atoms with van der Waals surface area (Å²) in [6.07, 6.45) is 1.11. The largest absolute Gasteiger partial charge is 0.379 e. The Labute approximate surface area is 161 Å². The average Bonchev–Trinajstić information content (AvgIpc) is 2.70. The fraction of sp³-hybridized carbons (Fsp3) is 0.409. The molecular formula is C22H29N3O2. The molecule has 5 heteroatoms. The summed E-state index contributed by atoms with van der Waals surface area (Å²) >= 11 is 0. The molecule has 1 aliphatic rings. The molecule has 0 bridgehead atoms. The number of urea groups is 1. The summed E-state index contributed by atoms with van der Waals surface area (Å²) in [4.78, 5) is 14.6. The number of hydrogen-bond donors (Lipinski definition) is 2. The Morgan fingerprint density at radius 1 is 1.00 bits per heavy atom. The molecule has 1 aliphatic heterocycles. The van der Waals surface area contributed by atoms with Crippen LogP contribution in [0.4, 0.5) is 16.2 Å². The number of rotatable bonds is 6. The van der Waals surface area contributed by atoms with Crippen LogP contribution in [0.3, 0.4) is 0 Å². The normalized spacial score (nSPS) is 15.9. The van der Waals surface area contributed by atoms with Crippen LogP contribution >= 0.6 is 0 Å². The third kappa shape index (κ3) is 5.81. The number of anilines is 2. The first kappa shape index (κ1) is 19.4. The van der Waals surface area contributed by atoms with Gasteiger partial charge in [-0.05, 0) is 47.7 Å². The van der Waals surface area contributed by atoms with E-state index in [4.69, 9.17) is 4.74 Å². The maximum atomic E-state index is 12.2. The van der Waals surface area contributed by atoms with Crippen LogP contribution in [0.2, 0.25) is 0 Å². The molecule has 0 unspecified atom stereocenters. The van der Waals surface area contributed by atoms with Crippen LogP contribution in [0, 0.1) is 0 Å². The molecule has 2 amide bonds. The summed E-state index contributed by atoms with van der Waals surface area (Å²) < 4.78 is 5.38. The van der Waals surface area contributed by atoms with E-state index in [-0.39, 0.29) is 6.03 Å². The van der Waals surface area contributed by atoms with Gasteiger partial charge >= 0.3 is 6.03 Å². The van der Waals surface area contributed by atoms with Crippen LogP contribution in [0.1, 0.15) is 37.3 Å². The summed E-state index contributed by atoms with van der Waals surface area (Å²) in [5.41, 5.74) is 4.11. The van der Waals surface area contributed by atoms with Crippen LogP contribution < -0.4 is 10.6 Å². The zero-order valence-corrected chi connectivity index (χ0v) is 16.2. The Hall–Kier alpha value is -2.37. The Kier molecular flexibility index (Phi) is 6.85. The van der Waals surface area contributed by atoms with E-state index in [9.17, 15) is 4.79 Å². The predicted octanol–water partition coefficient (Wildman–Crippen LogP) is 4.68. The number of nitrogens with one attached hydrogen (secondary N) is 2. The molecule has 0 saturated carbocycles. The van der Waals surface area contributed by atoms with Gasteiger partial charge in [-0.2, -0.15) is 0 Å². The minimum absolute atomic E-state index is 0.229. The van der Waals surface area contributed by atoms with Gasteiger partial charge in [0.25, 0.3) is 0 Å². The lowest BCUT2D eigenvalue weighted by Crippen LogP contribution is -2.35. The number of ether oxygens (including phenoxy) is 1. The van der Waals surface area contributed by atoms with Gasteiger partial charge in [0.05, 0.1) is 13.2 Å². The molecule has 1 heterocycles. The van der Waals surface area contributed by atoms with Crippen molar-refractivity contribution in [1.82, 2.24) is 4.90 Å². The van der Waals surface area contributed by atoms with Crippen LogP contribution in [0.15, 0.2) is 48.5 Å². The molecule has 2 N–H and O–H groups in total. The standard InChI is InChI=1S/C22H29N3O2/c1-3-17(2)19-6-10-21(11-7-19)24-22(26)23-20-8-4-18(5-9-20)16-25-12-14-27-15-13-25/h4-11,17H,3,12-16H2,1-2H3,(H2,23,24,26)/t17-/m0/s1. The van der Waals surface area contributed by atoms with Crippen molar-refractivity contribution in [3.8, 4) is 0 Å². The van der Waals surface area contributed by atoms with E-state index >= 15 is 0 Å². The summed E-state index contributed by atoms with van der Waals surface area (Å²) in [6.45, 7) is 8.85. The van der Waals surface area contributed by atoms with E-state index in [0.29, 0.717) is 5.92 Å². The van der Waals surface area contributed by atoms with Gasteiger partial charge in [-0.1, -0.05) is 38.1 Å². The van der Waals surface area contributed by atoms with E-state index in [1.54, 1.807) is 0 Å². The van der Waals surface area contributed by atoms with Crippen molar-refractivity contribution in [1.29, 1.82) is 0 Å². The second-order valence-corrected chi connectivity index (χ2v) is 7.10. The molecule has 1 saturated heterocycles. The molecule has 1 fully saturated rings. The quantitative estimate of drug-likeness (QED) is 0.780. The van der Waals surface area contributed by atoms with Crippen molar-refractivity contribution in [2.45, 2.75) is 32.7 Å². The van der Waals surface area contributed by atoms with Gasteiger partial charge in [-0.3, -0.25) is 4.90 Å².